The van der Waals surface area contributed by atoms with Crippen LogP contribution in [0.25, 0.3) is 0 Å². The minimum absolute atomic E-state index is 0.0786. The van der Waals surface area contributed by atoms with Crippen LogP contribution in [-0.4, -0.2) is 29.6 Å². The average Bonchev–Trinajstić information content (AvgIpc) is 2.77. The fraction of sp³-hybridized carbons (Fsp3) is 0.308. The van der Waals surface area contributed by atoms with E-state index in [9.17, 15) is 12.8 Å². The molecule has 0 spiro atoms. The second-order valence-electron chi connectivity index (χ2n) is 4.77. The van der Waals surface area contributed by atoms with Gasteiger partial charge in [0.05, 0.1) is 0 Å². The molecule has 2 rings (SSSR count). The van der Waals surface area contributed by atoms with Crippen LogP contribution in [0.2, 0.25) is 0 Å². The Labute approximate surface area is 123 Å². The van der Waals surface area contributed by atoms with E-state index in [1.165, 1.54) is 24.0 Å². The normalized spacial score (nSPS) is 13.6. The van der Waals surface area contributed by atoms with Crippen molar-refractivity contribution in [1.82, 2.24) is 14.1 Å². The first kappa shape index (κ1) is 15.5. The smallest absolute Gasteiger partial charge is 0.248 e. The SMILES string of the molecule is CC(c1ccccc1F)N(C)S(=O)(=O)c1cn(C)nc1N. The van der Waals surface area contributed by atoms with Crippen molar-refractivity contribution in [3.63, 3.8) is 0 Å². The summed E-state index contributed by atoms with van der Waals surface area (Å²) in [5, 5.41) is 3.82. The van der Waals surface area contributed by atoms with Gasteiger partial charge in [-0.1, -0.05) is 18.2 Å². The third-order valence-corrected chi connectivity index (χ3v) is 5.32. The molecule has 0 aliphatic heterocycles. The highest BCUT2D eigenvalue weighted by molar-refractivity contribution is 7.89. The zero-order valence-electron chi connectivity index (χ0n) is 12.0. The zero-order chi connectivity index (χ0) is 15.8. The molecule has 0 amide bonds. The summed E-state index contributed by atoms with van der Waals surface area (Å²) in [5.74, 6) is -0.531. The van der Waals surface area contributed by atoms with Gasteiger partial charge in [0, 0.05) is 31.9 Å². The van der Waals surface area contributed by atoms with E-state index in [0.717, 1.165) is 4.31 Å². The van der Waals surface area contributed by atoms with E-state index in [1.54, 1.807) is 32.2 Å². The highest BCUT2D eigenvalue weighted by atomic mass is 32.2. The van der Waals surface area contributed by atoms with Gasteiger partial charge in [-0.2, -0.15) is 9.40 Å². The van der Waals surface area contributed by atoms with Crippen LogP contribution in [0.1, 0.15) is 18.5 Å². The first-order valence-electron chi connectivity index (χ1n) is 6.26. The maximum absolute atomic E-state index is 13.8. The number of benzene rings is 1. The number of nitrogens with two attached hydrogens (primary N) is 1. The van der Waals surface area contributed by atoms with Crippen molar-refractivity contribution in [2.45, 2.75) is 17.9 Å². The molecule has 1 heterocycles. The van der Waals surface area contributed by atoms with Crippen LogP contribution in [0.15, 0.2) is 35.4 Å². The monoisotopic (exact) mass is 312 g/mol. The van der Waals surface area contributed by atoms with Crippen molar-refractivity contribution in [1.29, 1.82) is 0 Å². The van der Waals surface area contributed by atoms with Crippen molar-refractivity contribution in [2.75, 3.05) is 12.8 Å². The molecule has 0 bridgehead atoms. The molecule has 1 atom stereocenters. The number of sulfonamides is 1. The van der Waals surface area contributed by atoms with Gasteiger partial charge < -0.3 is 5.73 Å². The van der Waals surface area contributed by atoms with Gasteiger partial charge in [0.25, 0.3) is 0 Å². The lowest BCUT2D eigenvalue weighted by molar-refractivity contribution is 0.387. The van der Waals surface area contributed by atoms with Crippen LogP contribution in [0.3, 0.4) is 0 Å². The molecule has 0 saturated carbocycles. The fourth-order valence-corrected chi connectivity index (χ4v) is 3.49. The van der Waals surface area contributed by atoms with Gasteiger partial charge in [0.15, 0.2) is 5.82 Å². The molecule has 2 aromatic rings. The Morgan fingerprint density at radius 2 is 2.00 bits per heavy atom. The summed E-state index contributed by atoms with van der Waals surface area (Å²) in [4.78, 5) is -0.0873. The topological polar surface area (TPSA) is 81.2 Å². The van der Waals surface area contributed by atoms with Gasteiger partial charge in [-0.25, -0.2) is 12.8 Å². The summed E-state index contributed by atoms with van der Waals surface area (Å²) >= 11 is 0. The van der Waals surface area contributed by atoms with Gasteiger partial charge in [-0.3, -0.25) is 4.68 Å². The van der Waals surface area contributed by atoms with E-state index >= 15 is 0 Å². The molecule has 1 unspecified atom stereocenters. The van der Waals surface area contributed by atoms with Crippen molar-refractivity contribution in [3.8, 4) is 0 Å². The molecule has 8 heteroatoms. The van der Waals surface area contributed by atoms with Gasteiger partial charge in [0.1, 0.15) is 10.7 Å². The zero-order valence-corrected chi connectivity index (χ0v) is 12.8. The second-order valence-corrected chi connectivity index (χ2v) is 6.74. The van der Waals surface area contributed by atoms with E-state index in [0.29, 0.717) is 5.56 Å². The lowest BCUT2D eigenvalue weighted by Crippen LogP contribution is -2.30. The Morgan fingerprint density at radius 3 is 2.52 bits per heavy atom. The maximum atomic E-state index is 13.8. The fourth-order valence-electron chi connectivity index (χ4n) is 2.06. The first-order valence-corrected chi connectivity index (χ1v) is 7.70. The van der Waals surface area contributed by atoms with E-state index in [4.69, 9.17) is 5.73 Å². The highest BCUT2D eigenvalue weighted by Crippen LogP contribution is 2.29. The first-order chi connectivity index (χ1) is 9.75. The molecule has 21 heavy (non-hydrogen) atoms. The molecule has 1 aromatic carbocycles. The summed E-state index contributed by atoms with van der Waals surface area (Å²) in [6.07, 6.45) is 1.33. The Kier molecular flexibility index (Phi) is 4.02. The summed E-state index contributed by atoms with van der Waals surface area (Å²) < 4.78 is 41.3. The number of anilines is 1. The van der Waals surface area contributed by atoms with E-state index in [-0.39, 0.29) is 10.7 Å². The van der Waals surface area contributed by atoms with Crippen molar-refractivity contribution >= 4 is 15.8 Å². The lowest BCUT2D eigenvalue weighted by atomic mass is 10.1. The number of halogens is 1. The molecule has 0 aliphatic carbocycles. The van der Waals surface area contributed by atoms with Crippen LogP contribution >= 0.6 is 0 Å². The third-order valence-electron chi connectivity index (χ3n) is 3.38. The minimum Gasteiger partial charge on any atom is -0.381 e. The van der Waals surface area contributed by atoms with Crippen LogP contribution in [0.5, 0.6) is 0 Å². The summed E-state index contributed by atoms with van der Waals surface area (Å²) in [5.41, 5.74) is 5.92. The lowest BCUT2D eigenvalue weighted by Gasteiger charge is -2.24. The minimum atomic E-state index is -3.85. The molecule has 6 nitrogen and oxygen atoms in total. The molecule has 1 aromatic heterocycles. The standard InChI is InChI=1S/C13H17FN4O2S/c1-9(10-6-4-5-7-11(10)14)18(3)21(19,20)12-8-17(2)16-13(12)15/h4-9H,1-3H3,(H2,15,16). The Balaban J connectivity index is 2.41. The quantitative estimate of drug-likeness (QED) is 0.928. The number of rotatable bonds is 4. The molecule has 114 valence electrons. The summed E-state index contributed by atoms with van der Waals surface area (Å²) in [6, 6.07) is 5.40. The van der Waals surface area contributed by atoms with Gasteiger partial charge in [0.2, 0.25) is 10.0 Å². The molecule has 0 radical (unpaired) electrons. The predicted octanol–water partition coefficient (Wildman–Crippen LogP) is 1.52. The van der Waals surface area contributed by atoms with Crippen molar-refractivity contribution < 1.29 is 12.8 Å². The molecular weight excluding hydrogens is 295 g/mol. The Morgan fingerprint density at radius 1 is 1.38 bits per heavy atom. The van der Waals surface area contributed by atoms with Crippen LogP contribution in [0.4, 0.5) is 10.2 Å². The maximum Gasteiger partial charge on any atom is 0.248 e. The molecular formula is C13H17FN4O2S. The number of hydrogen-bond acceptors (Lipinski definition) is 4. The van der Waals surface area contributed by atoms with E-state index in [2.05, 4.69) is 5.10 Å². The number of aromatic nitrogens is 2. The highest BCUT2D eigenvalue weighted by Gasteiger charge is 2.30. The van der Waals surface area contributed by atoms with Crippen LogP contribution < -0.4 is 5.73 Å². The average molecular weight is 312 g/mol. The number of nitrogens with zero attached hydrogens (tertiary/aromatic N) is 3. The Hall–Kier alpha value is -1.93. The third kappa shape index (κ3) is 2.77. The van der Waals surface area contributed by atoms with E-state index in [1.807, 2.05) is 0 Å². The number of aryl methyl sites for hydroxylation is 1. The summed E-state index contributed by atoms with van der Waals surface area (Å²) in [6.45, 7) is 1.61. The van der Waals surface area contributed by atoms with Crippen LogP contribution in [-0.2, 0) is 17.1 Å². The van der Waals surface area contributed by atoms with Crippen LogP contribution in [0, 0.1) is 5.82 Å². The number of nitrogen functional groups attached to an aromatic ring is 1. The number of hydrogen-bond donors (Lipinski definition) is 1. The molecule has 0 saturated heterocycles. The largest absolute Gasteiger partial charge is 0.381 e. The van der Waals surface area contributed by atoms with Gasteiger partial charge in [-0.15, -0.1) is 0 Å². The summed E-state index contributed by atoms with van der Waals surface area (Å²) in [7, 11) is -0.888. The predicted molar refractivity (Wildman–Crippen MR) is 77.4 cm³/mol. The molecule has 0 fully saturated rings. The van der Waals surface area contributed by atoms with Crippen molar-refractivity contribution in [2.24, 2.45) is 7.05 Å². The van der Waals surface area contributed by atoms with E-state index < -0.39 is 21.9 Å². The molecule has 0 aliphatic rings. The molecule has 2 N–H and O–H groups in total. The Bertz CT molecular complexity index is 757. The van der Waals surface area contributed by atoms with Crippen molar-refractivity contribution in [3.05, 3.63) is 41.8 Å². The van der Waals surface area contributed by atoms with Gasteiger partial charge in [-0.05, 0) is 13.0 Å². The second kappa shape index (κ2) is 5.45. The van der Waals surface area contributed by atoms with Gasteiger partial charge >= 0.3 is 0 Å².